The Kier molecular flexibility index (Phi) is 5.69. The van der Waals surface area contributed by atoms with E-state index in [9.17, 15) is 4.79 Å². The first-order chi connectivity index (χ1) is 4.70. The monoisotopic (exact) mass is 207 g/mol. The van der Waals surface area contributed by atoms with Gasteiger partial charge in [0, 0.05) is 11.8 Å². The third kappa shape index (κ3) is 4.79. The molecule has 0 aliphatic rings. The number of primary amides is 1. The molecule has 0 aliphatic carbocycles. The van der Waals surface area contributed by atoms with E-state index in [2.05, 4.69) is 22.9 Å². The minimum atomic E-state index is -0.195. The lowest BCUT2D eigenvalue weighted by atomic mass is 10.0. The summed E-state index contributed by atoms with van der Waals surface area (Å²) in [6.45, 7) is 2.12. The van der Waals surface area contributed by atoms with E-state index in [0.717, 1.165) is 18.2 Å². The van der Waals surface area contributed by atoms with Gasteiger partial charge in [-0.25, -0.2) is 0 Å². The third-order valence-corrected chi connectivity index (χ3v) is 2.51. The van der Waals surface area contributed by atoms with Gasteiger partial charge in [0.05, 0.1) is 0 Å². The van der Waals surface area contributed by atoms with Gasteiger partial charge in [0.15, 0.2) is 0 Å². The van der Waals surface area contributed by atoms with Crippen molar-refractivity contribution in [2.24, 2.45) is 11.7 Å². The highest BCUT2D eigenvalue weighted by atomic mass is 79.9. The molecule has 10 heavy (non-hydrogen) atoms. The molecule has 1 unspecified atom stereocenters. The lowest BCUT2D eigenvalue weighted by molar-refractivity contribution is -0.118. The second kappa shape index (κ2) is 5.71. The van der Waals surface area contributed by atoms with E-state index in [0.29, 0.717) is 12.3 Å². The second-order valence-electron chi connectivity index (χ2n) is 2.43. The normalized spacial score (nSPS) is 13.0. The predicted molar refractivity (Wildman–Crippen MR) is 46.0 cm³/mol. The first-order valence-electron chi connectivity index (χ1n) is 3.55. The highest BCUT2D eigenvalue weighted by molar-refractivity contribution is 9.09. The Morgan fingerprint density at radius 3 is 2.60 bits per heavy atom. The van der Waals surface area contributed by atoms with Gasteiger partial charge in [-0.2, -0.15) is 0 Å². The molecule has 0 aromatic carbocycles. The fourth-order valence-corrected chi connectivity index (χ4v) is 1.52. The minimum Gasteiger partial charge on any atom is -0.370 e. The van der Waals surface area contributed by atoms with Gasteiger partial charge in [0.2, 0.25) is 5.91 Å². The fraction of sp³-hybridized carbons (Fsp3) is 0.857. The molecule has 0 saturated heterocycles. The van der Waals surface area contributed by atoms with Crippen molar-refractivity contribution in [1.82, 2.24) is 0 Å². The Morgan fingerprint density at radius 1 is 1.70 bits per heavy atom. The van der Waals surface area contributed by atoms with Crippen molar-refractivity contribution in [3.8, 4) is 0 Å². The van der Waals surface area contributed by atoms with Crippen LogP contribution in [-0.4, -0.2) is 11.2 Å². The van der Waals surface area contributed by atoms with E-state index in [1.165, 1.54) is 0 Å². The molecule has 1 amide bonds. The zero-order valence-corrected chi connectivity index (χ0v) is 7.86. The average molecular weight is 208 g/mol. The lowest BCUT2D eigenvalue weighted by Crippen LogP contribution is -2.12. The maximum Gasteiger partial charge on any atom is 0.217 e. The van der Waals surface area contributed by atoms with E-state index < -0.39 is 0 Å². The van der Waals surface area contributed by atoms with E-state index in [-0.39, 0.29) is 5.91 Å². The number of hydrogen-bond acceptors (Lipinski definition) is 1. The molecule has 0 aromatic rings. The molecule has 0 rings (SSSR count). The molecule has 2 nitrogen and oxygen atoms in total. The van der Waals surface area contributed by atoms with E-state index in [1.807, 2.05) is 0 Å². The van der Waals surface area contributed by atoms with E-state index >= 15 is 0 Å². The van der Waals surface area contributed by atoms with Crippen LogP contribution in [0.5, 0.6) is 0 Å². The van der Waals surface area contributed by atoms with Crippen molar-refractivity contribution < 1.29 is 4.79 Å². The SMILES string of the molecule is CCC(CBr)CCC(N)=O. The molecule has 0 fully saturated rings. The average Bonchev–Trinajstić information content (AvgIpc) is 1.90. The first kappa shape index (κ1) is 9.95. The smallest absolute Gasteiger partial charge is 0.217 e. The van der Waals surface area contributed by atoms with Gasteiger partial charge in [-0.05, 0) is 12.3 Å². The van der Waals surface area contributed by atoms with Crippen LogP contribution >= 0.6 is 15.9 Å². The quantitative estimate of drug-likeness (QED) is 0.686. The molecule has 0 saturated carbocycles. The van der Waals surface area contributed by atoms with Crippen LogP contribution < -0.4 is 5.73 Å². The Morgan fingerprint density at radius 2 is 2.30 bits per heavy atom. The van der Waals surface area contributed by atoms with Gasteiger partial charge in [0.1, 0.15) is 0 Å². The topological polar surface area (TPSA) is 43.1 Å². The van der Waals surface area contributed by atoms with E-state index in [4.69, 9.17) is 5.73 Å². The molecular weight excluding hydrogens is 194 g/mol. The standard InChI is InChI=1S/C7H14BrNO/c1-2-6(5-8)3-4-7(9)10/h6H,2-5H2,1H3,(H2,9,10). The van der Waals surface area contributed by atoms with Crippen molar-refractivity contribution in [3.05, 3.63) is 0 Å². The summed E-state index contributed by atoms with van der Waals surface area (Å²) in [6, 6.07) is 0. The predicted octanol–water partition coefficient (Wildman–Crippen LogP) is 1.67. The Hall–Kier alpha value is -0.0500. The molecule has 0 radical (unpaired) electrons. The molecular formula is C7H14BrNO. The third-order valence-electron chi connectivity index (χ3n) is 1.59. The number of amides is 1. The number of carbonyl (C=O) groups excluding carboxylic acids is 1. The maximum atomic E-state index is 10.3. The molecule has 0 bridgehead atoms. The van der Waals surface area contributed by atoms with Gasteiger partial charge in [0.25, 0.3) is 0 Å². The molecule has 1 atom stereocenters. The summed E-state index contributed by atoms with van der Waals surface area (Å²) < 4.78 is 0. The van der Waals surface area contributed by atoms with Crippen LogP contribution in [0, 0.1) is 5.92 Å². The molecule has 60 valence electrons. The van der Waals surface area contributed by atoms with Gasteiger partial charge in [-0.3, -0.25) is 4.79 Å². The molecule has 0 spiro atoms. The van der Waals surface area contributed by atoms with Crippen LogP contribution in [0.3, 0.4) is 0 Å². The van der Waals surface area contributed by atoms with Gasteiger partial charge in [-0.15, -0.1) is 0 Å². The summed E-state index contributed by atoms with van der Waals surface area (Å²) >= 11 is 3.37. The molecule has 0 aromatic heterocycles. The second-order valence-corrected chi connectivity index (χ2v) is 3.08. The maximum absolute atomic E-state index is 10.3. The highest BCUT2D eigenvalue weighted by Gasteiger charge is 2.04. The zero-order chi connectivity index (χ0) is 7.98. The van der Waals surface area contributed by atoms with Crippen molar-refractivity contribution in [1.29, 1.82) is 0 Å². The Bertz CT molecular complexity index is 102. The molecule has 0 heterocycles. The van der Waals surface area contributed by atoms with Crippen LogP contribution in [-0.2, 0) is 4.79 Å². The van der Waals surface area contributed by atoms with Gasteiger partial charge < -0.3 is 5.73 Å². The van der Waals surface area contributed by atoms with Crippen LogP contribution in [0.2, 0.25) is 0 Å². The fourth-order valence-electron chi connectivity index (χ4n) is 0.737. The Balaban J connectivity index is 3.34. The molecule has 2 N–H and O–H groups in total. The summed E-state index contributed by atoms with van der Waals surface area (Å²) in [6.07, 6.45) is 2.54. The van der Waals surface area contributed by atoms with Crippen LogP contribution in [0.15, 0.2) is 0 Å². The van der Waals surface area contributed by atoms with Crippen molar-refractivity contribution >= 4 is 21.8 Å². The number of hydrogen-bond donors (Lipinski definition) is 1. The lowest BCUT2D eigenvalue weighted by Gasteiger charge is -2.08. The Labute approximate surface area is 70.3 Å². The largest absolute Gasteiger partial charge is 0.370 e. The van der Waals surface area contributed by atoms with Crippen molar-refractivity contribution in [2.45, 2.75) is 26.2 Å². The van der Waals surface area contributed by atoms with Crippen molar-refractivity contribution in [2.75, 3.05) is 5.33 Å². The summed E-state index contributed by atoms with van der Waals surface area (Å²) in [5, 5.41) is 0.969. The highest BCUT2D eigenvalue weighted by Crippen LogP contribution is 2.12. The summed E-state index contributed by atoms with van der Waals surface area (Å²) in [5.74, 6) is 0.409. The number of rotatable bonds is 5. The van der Waals surface area contributed by atoms with Gasteiger partial charge >= 0.3 is 0 Å². The number of nitrogens with two attached hydrogens (primary N) is 1. The number of halogens is 1. The minimum absolute atomic E-state index is 0.195. The molecule has 0 aliphatic heterocycles. The zero-order valence-electron chi connectivity index (χ0n) is 6.27. The van der Waals surface area contributed by atoms with Crippen molar-refractivity contribution in [3.63, 3.8) is 0 Å². The summed E-state index contributed by atoms with van der Waals surface area (Å²) in [4.78, 5) is 10.3. The number of carbonyl (C=O) groups is 1. The van der Waals surface area contributed by atoms with E-state index in [1.54, 1.807) is 0 Å². The summed E-state index contributed by atoms with van der Waals surface area (Å²) in [5.41, 5.74) is 5.00. The van der Waals surface area contributed by atoms with Crippen LogP contribution in [0.25, 0.3) is 0 Å². The first-order valence-corrected chi connectivity index (χ1v) is 4.67. The van der Waals surface area contributed by atoms with Crippen LogP contribution in [0.4, 0.5) is 0 Å². The molecule has 3 heteroatoms. The number of alkyl halides is 1. The van der Waals surface area contributed by atoms with Gasteiger partial charge in [-0.1, -0.05) is 29.3 Å². The summed E-state index contributed by atoms with van der Waals surface area (Å²) in [7, 11) is 0. The van der Waals surface area contributed by atoms with Crippen LogP contribution in [0.1, 0.15) is 26.2 Å².